The highest BCUT2D eigenvalue weighted by Crippen LogP contribution is 2.37. The smallest absolute Gasteiger partial charge is 0.239 e. The summed E-state index contributed by atoms with van der Waals surface area (Å²) >= 11 is 11.7. The van der Waals surface area contributed by atoms with E-state index in [0.29, 0.717) is 15.7 Å². The highest BCUT2D eigenvalue weighted by molar-refractivity contribution is 7.80. The lowest BCUT2D eigenvalue weighted by Gasteiger charge is -2.53. The molecular formula is C27H34ClFN4OS. The fraction of sp³-hybridized carbons (Fsp3) is 0.481. The summed E-state index contributed by atoms with van der Waals surface area (Å²) in [4.78, 5) is 17.3. The Morgan fingerprint density at radius 3 is 2.54 bits per heavy atom. The van der Waals surface area contributed by atoms with E-state index in [4.69, 9.17) is 23.8 Å². The van der Waals surface area contributed by atoms with Crippen molar-refractivity contribution in [3.05, 3.63) is 70.0 Å². The van der Waals surface area contributed by atoms with E-state index in [9.17, 15) is 9.18 Å². The number of benzene rings is 2. The van der Waals surface area contributed by atoms with Gasteiger partial charge in [-0.2, -0.15) is 0 Å². The molecule has 188 valence electrons. The molecule has 2 fully saturated rings. The van der Waals surface area contributed by atoms with Crippen LogP contribution in [-0.4, -0.2) is 52.5 Å². The Morgan fingerprint density at radius 1 is 1.09 bits per heavy atom. The van der Waals surface area contributed by atoms with Crippen molar-refractivity contribution in [1.82, 2.24) is 20.4 Å². The van der Waals surface area contributed by atoms with Crippen molar-refractivity contribution >= 4 is 34.8 Å². The normalized spacial score (nSPS) is 17.9. The average Bonchev–Trinajstić information content (AvgIpc) is 2.85. The summed E-state index contributed by atoms with van der Waals surface area (Å²) in [5, 5.41) is 6.88. The summed E-state index contributed by atoms with van der Waals surface area (Å²) in [6, 6.07) is 13.0. The van der Waals surface area contributed by atoms with Crippen molar-refractivity contribution in [3.63, 3.8) is 0 Å². The highest BCUT2D eigenvalue weighted by Gasteiger charge is 2.42. The molecule has 35 heavy (non-hydrogen) atoms. The number of thiocarbonyl (C=S) groups is 1. The highest BCUT2D eigenvalue weighted by atomic mass is 35.5. The molecule has 0 unspecified atom stereocenters. The summed E-state index contributed by atoms with van der Waals surface area (Å²) in [6.07, 6.45) is 6.13. The van der Waals surface area contributed by atoms with Gasteiger partial charge in [-0.1, -0.05) is 66.8 Å². The Balaban J connectivity index is 1.31. The molecule has 1 heterocycles. The van der Waals surface area contributed by atoms with Crippen LogP contribution >= 0.6 is 23.8 Å². The number of rotatable bonds is 6. The molecule has 1 aliphatic heterocycles. The first-order chi connectivity index (χ1) is 16.8. The van der Waals surface area contributed by atoms with E-state index >= 15 is 0 Å². The Morgan fingerprint density at radius 2 is 1.83 bits per heavy atom. The zero-order valence-corrected chi connectivity index (χ0v) is 21.9. The molecule has 1 saturated heterocycles. The molecule has 0 atom stereocenters. The molecule has 1 spiro atoms. The first-order valence-electron chi connectivity index (χ1n) is 12.4. The van der Waals surface area contributed by atoms with Crippen molar-refractivity contribution in [2.24, 2.45) is 0 Å². The van der Waals surface area contributed by atoms with Crippen LogP contribution in [0.15, 0.2) is 42.5 Å². The number of carbonyl (C=O) groups is 1. The molecule has 2 aliphatic rings. The molecule has 8 heteroatoms. The van der Waals surface area contributed by atoms with Gasteiger partial charge in [0.05, 0.1) is 6.54 Å². The van der Waals surface area contributed by atoms with Crippen LogP contribution < -0.4 is 10.6 Å². The summed E-state index contributed by atoms with van der Waals surface area (Å²) in [7, 11) is 0. The molecule has 2 aromatic carbocycles. The number of nitrogens with one attached hydrogen (secondary N) is 2. The first-order valence-corrected chi connectivity index (χ1v) is 13.2. The quantitative estimate of drug-likeness (QED) is 0.540. The van der Waals surface area contributed by atoms with E-state index in [-0.39, 0.29) is 24.5 Å². The fourth-order valence-electron chi connectivity index (χ4n) is 5.22. The van der Waals surface area contributed by atoms with Crippen LogP contribution in [0.2, 0.25) is 5.02 Å². The molecule has 1 amide bonds. The van der Waals surface area contributed by atoms with Gasteiger partial charge in [-0.05, 0) is 55.2 Å². The number of nitrogens with zero attached hydrogens (tertiary/aromatic N) is 2. The molecule has 0 radical (unpaired) electrons. The van der Waals surface area contributed by atoms with Gasteiger partial charge in [0.15, 0.2) is 5.11 Å². The monoisotopic (exact) mass is 516 g/mol. The lowest BCUT2D eigenvalue weighted by molar-refractivity contribution is -0.120. The van der Waals surface area contributed by atoms with Crippen LogP contribution in [0.1, 0.15) is 48.8 Å². The number of hydrogen-bond donors (Lipinski definition) is 2. The van der Waals surface area contributed by atoms with E-state index in [0.717, 1.165) is 26.2 Å². The van der Waals surface area contributed by atoms with Gasteiger partial charge in [-0.15, -0.1) is 0 Å². The van der Waals surface area contributed by atoms with Gasteiger partial charge < -0.3 is 15.5 Å². The molecule has 1 aliphatic carbocycles. The van der Waals surface area contributed by atoms with Crippen molar-refractivity contribution in [1.29, 1.82) is 0 Å². The molecule has 2 aromatic rings. The van der Waals surface area contributed by atoms with Gasteiger partial charge in [0.1, 0.15) is 5.82 Å². The van der Waals surface area contributed by atoms with Gasteiger partial charge in [-0.25, -0.2) is 4.39 Å². The second kappa shape index (κ2) is 11.7. The van der Waals surface area contributed by atoms with Crippen molar-refractivity contribution < 1.29 is 9.18 Å². The standard InChI is InChI=1S/C27H34ClFN4OS/c1-20-5-7-21(8-6-20)18-33-14-13-32(19-27(33)11-3-2-4-12-27)26(35)31-17-25(34)30-16-22-9-10-23(29)15-24(22)28/h5-10,15H,2-4,11-14,16-19H2,1H3,(H,30,34)(H,31,35). The van der Waals surface area contributed by atoms with Gasteiger partial charge in [-0.3, -0.25) is 9.69 Å². The maximum absolute atomic E-state index is 13.2. The fourth-order valence-corrected chi connectivity index (χ4v) is 5.68. The van der Waals surface area contributed by atoms with Crippen LogP contribution in [0.3, 0.4) is 0 Å². The van der Waals surface area contributed by atoms with Crippen LogP contribution in [0.5, 0.6) is 0 Å². The number of halogens is 2. The van der Waals surface area contributed by atoms with Crippen molar-refractivity contribution in [2.75, 3.05) is 26.2 Å². The summed E-state index contributed by atoms with van der Waals surface area (Å²) < 4.78 is 13.2. The van der Waals surface area contributed by atoms with E-state index < -0.39 is 5.82 Å². The third-order valence-electron chi connectivity index (χ3n) is 7.25. The minimum absolute atomic E-state index is 0.0915. The van der Waals surface area contributed by atoms with Crippen LogP contribution in [0.4, 0.5) is 4.39 Å². The minimum Gasteiger partial charge on any atom is -0.353 e. The van der Waals surface area contributed by atoms with Crippen LogP contribution in [-0.2, 0) is 17.9 Å². The maximum atomic E-state index is 13.2. The van der Waals surface area contributed by atoms with E-state index in [1.54, 1.807) is 6.07 Å². The predicted molar refractivity (Wildman–Crippen MR) is 143 cm³/mol. The Labute approximate surface area is 218 Å². The lowest BCUT2D eigenvalue weighted by Crippen LogP contribution is -2.64. The third kappa shape index (κ3) is 6.72. The molecule has 1 saturated carbocycles. The SMILES string of the molecule is Cc1ccc(CN2CCN(C(=S)NCC(=O)NCc3ccc(F)cc3Cl)CC23CCCCC3)cc1. The topological polar surface area (TPSA) is 47.6 Å². The van der Waals surface area contributed by atoms with E-state index in [1.165, 1.54) is 55.4 Å². The number of piperazine rings is 1. The number of amides is 1. The van der Waals surface area contributed by atoms with Gasteiger partial charge in [0, 0.05) is 43.3 Å². The van der Waals surface area contributed by atoms with E-state index in [1.807, 2.05) is 0 Å². The third-order valence-corrected chi connectivity index (χ3v) is 8.01. The number of aryl methyl sites for hydroxylation is 1. The zero-order valence-electron chi connectivity index (χ0n) is 20.3. The van der Waals surface area contributed by atoms with Crippen molar-refractivity contribution in [2.45, 2.75) is 57.7 Å². The minimum atomic E-state index is -0.396. The van der Waals surface area contributed by atoms with Crippen molar-refractivity contribution in [3.8, 4) is 0 Å². The zero-order chi connectivity index (χ0) is 24.8. The summed E-state index contributed by atoms with van der Waals surface area (Å²) in [6.45, 7) is 6.09. The summed E-state index contributed by atoms with van der Waals surface area (Å²) in [5.41, 5.74) is 3.43. The second-order valence-electron chi connectivity index (χ2n) is 9.78. The predicted octanol–water partition coefficient (Wildman–Crippen LogP) is 4.80. The lowest BCUT2D eigenvalue weighted by atomic mass is 9.78. The second-order valence-corrected chi connectivity index (χ2v) is 10.6. The molecule has 4 rings (SSSR count). The molecule has 2 N–H and O–H groups in total. The molecular weight excluding hydrogens is 483 g/mol. The van der Waals surface area contributed by atoms with Gasteiger partial charge in [0.25, 0.3) is 0 Å². The van der Waals surface area contributed by atoms with Crippen LogP contribution in [0.25, 0.3) is 0 Å². The molecule has 0 bridgehead atoms. The Hall–Kier alpha value is -2.22. The van der Waals surface area contributed by atoms with Gasteiger partial charge in [0.2, 0.25) is 5.91 Å². The maximum Gasteiger partial charge on any atom is 0.239 e. The Bertz CT molecular complexity index is 1040. The largest absolute Gasteiger partial charge is 0.353 e. The first kappa shape index (κ1) is 25.9. The van der Waals surface area contributed by atoms with E-state index in [2.05, 4.69) is 51.6 Å². The Kier molecular flexibility index (Phi) is 8.63. The number of carbonyl (C=O) groups excluding carboxylic acids is 1. The molecule has 5 nitrogen and oxygen atoms in total. The van der Waals surface area contributed by atoms with Crippen LogP contribution in [0, 0.1) is 12.7 Å². The van der Waals surface area contributed by atoms with Gasteiger partial charge >= 0.3 is 0 Å². The summed E-state index contributed by atoms with van der Waals surface area (Å²) in [5.74, 6) is -0.579. The average molecular weight is 517 g/mol. The molecule has 0 aromatic heterocycles. The number of hydrogen-bond acceptors (Lipinski definition) is 3.